The fraction of sp³-hybridized carbons (Fsp3) is 0.346. The van der Waals surface area contributed by atoms with Crippen molar-refractivity contribution in [1.82, 2.24) is 9.88 Å². The Kier molecular flexibility index (Phi) is 6.59. The lowest BCUT2D eigenvalue weighted by molar-refractivity contribution is -0.133. The molecule has 35 heavy (non-hydrogen) atoms. The third-order valence-corrected chi connectivity index (χ3v) is 7.64. The van der Waals surface area contributed by atoms with Gasteiger partial charge in [-0.25, -0.2) is 4.98 Å². The first-order valence-electron chi connectivity index (χ1n) is 11.7. The number of amides is 2. The lowest BCUT2D eigenvalue weighted by Gasteiger charge is -2.37. The standard InChI is InChI=1S/C26H28N4O4S/c1-33-19-8-6-17(7-9-19)24(31)28-26-27-23-21(10-11-22(23)35-26)25(32)30-14-12-29(13-15-30)18-4-3-5-20(16-18)34-2/h3-9,16,21H,10-15H2,1-2H3,(H,27,28,31). The van der Waals surface area contributed by atoms with Crippen LogP contribution in [-0.4, -0.2) is 62.1 Å². The van der Waals surface area contributed by atoms with Gasteiger partial charge in [0.25, 0.3) is 5.91 Å². The van der Waals surface area contributed by atoms with Gasteiger partial charge >= 0.3 is 0 Å². The minimum Gasteiger partial charge on any atom is -0.497 e. The predicted molar refractivity (Wildman–Crippen MR) is 136 cm³/mol. The number of piperazine rings is 1. The maximum absolute atomic E-state index is 13.4. The molecule has 8 nitrogen and oxygen atoms in total. The number of thiazole rings is 1. The zero-order chi connectivity index (χ0) is 24.4. The van der Waals surface area contributed by atoms with Gasteiger partial charge in [0.15, 0.2) is 5.13 Å². The quantitative estimate of drug-likeness (QED) is 0.564. The van der Waals surface area contributed by atoms with Crippen LogP contribution in [0.1, 0.15) is 33.3 Å². The fourth-order valence-electron chi connectivity index (χ4n) is 4.65. The van der Waals surface area contributed by atoms with Crippen molar-refractivity contribution >= 4 is 34.0 Å². The molecule has 1 N–H and O–H groups in total. The number of hydrogen-bond donors (Lipinski definition) is 1. The van der Waals surface area contributed by atoms with E-state index in [1.807, 2.05) is 23.1 Å². The molecule has 0 saturated carbocycles. The van der Waals surface area contributed by atoms with E-state index < -0.39 is 0 Å². The Morgan fingerprint density at radius 2 is 1.74 bits per heavy atom. The summed E-state index contributed by atoms with van der Waals surface area (Å²) >= 11 is 1.46. The van der Waals surface area contributed by atoms with E-state index in [1.54, 1.807) is 38.5 Å². The molecule has 2 heterocycles. The van der Waals surface area contributed by atoms with Gasteiger partial charge in [-0.05, 0) is 49.2 Å². The first-order chi connectivity index (χ1) is 17.1. The lowest BCUT2D eigenvalue weighted by Crippen LogP contribution is -2.50. The second kappa shape index (κ2) is 9.95. The molecule has 1 aromatic heterocycles. The van der Waals surface area contributed by atoms with Gasteiger partial charge in [0, 0.05) is 48.4 Å². The van der Waals surface area contributed by atoms with Gasteiger partial charge in [-0.15, -0.1) is 11.3 Å². The van der Waals surface area contributed by atoms with Crippen molar-refractivity contribution in [2.45, 2.75) is 18.8 Å². The number of methoxy groups -OCH3 is 2. The van der Waals surface area contributed by atoms with Crippen LogP contribution < -0.4 is 19.7 Å². The van der Waals surface area contributed by atoms with Crippen LogP contribution >= 0.6 is 11.3 Å². The highest BCUT2D eigenvalue weighted by atomic mass is 32.1. The number of anilines is 2. The maximum Gasteiger partial charge on any atom is 0.257 e. The molecule has 2 aliphatic rings. The molecule has 1 fully saturated rings. The Labute approximate surface area is 208 Å². The molecule has 1 saturated heterocycles. The van der Waals surface area contributed by atoms with E-state index in [9.17, 15) is 9.59 Å². The number of ether oxygens (including phenoxy) is 2. The Balaban J connectivity index is 1.21. The summed E-state index contributed by atoms with van der Waals surface area (Å²) in [6.07, 6.45) is 1.58. The summed E-state index contributed by atoms with van der Waals surface area (Å²) in [5.41, 5.74) is 2.46. The second-order valence-electron chi connectivity index (χ2n) is 8.62. The van der Waals surface area contributed by atoms with Gasteiger partial charge in [-0.1, -0.05) is 6.07 Å². The van der Waals surface area contributed by atoms with Crippen LogP contribution in [0.2, 0.25) is 0 Å². The highest BCUT2D eigenvalue weighted by molar-refractivity contribution is 7.16. The van der Waals surface area contributed by atoms with Gasteiger partial charge < -0.3 is 19.3 Å². The first kappa shape index (κ1) is 23.2. The predicted octanol–water partition coefficient (Wildman–Crippen LogP) is 3.79. The number of rotatable bonds is 6. The maximum atomic E-state index is 13.4. The Morgan fingerprint density at radius 1 is 1.00 bits per heavy atom. The van der Waals surface area contributed by atoms with Crippen molar-refractivity contribution in [3.63, 3.8) is 0 Å². The number of aromatic nitrogens is 1. The summed E-state index contributed by atoms with van der Waals surface area (Å²) in [4.78, 5) is 36.0. The van der Waals surface area contributed by atoms with Crippen LogP contribution in [0.5, 0.6) is 11.5 Å². The number of hydrogen-bond acceptors (Lipinski definition) is 7. The van der Waals surface area contributed by atoms with Gasteiger partial charge in [0.05, 0.1) is 25.8 Å². The van der Waals surface area contributed by atoms with Crippen molar-refractivity contribution < 1.29 is 19.1 Å². The minimum absolute atomic E-state index is 0.132. The van der Waals surface area contributed by atoms with Crippen molar-refractivity contribution in [2.24, 2.45) is 0 Å². The van der Waals surface area contributed by atoms with E-state index >= 15 is 0 Å². The molecule has 1 atom stereocenters. The molecule has 0 spiro atoms. The summed E-state index contributed by atoms with van der Waals surface area (Å²) in [5.74, 6) is 1.19. The van der Waals surface area contributed by atoms with E-state index in [0.717, 1.165) is 47.9 Å². The average Bonchev–Trinajstić information content (AvgIpc) is 3.48. The molecular weight excluding hydrogens is 464 g/mol. The average molecular weight is 493 g/mol. The molecule has 1 aliphatic heterocycles. The highest BCUT2D eigenvalue weighted by Gasteiger charge is 2.36. The number of nitrogens with zero attached hydrogens (tertiary/aromatic N) is 3. The molecule has 3 aromatic rings. The molecule has 1 aliphatic carbocycles. The smallest absolute Gasteiger partial charge is 0.257 e. The monoisotopic (exact) mass is 492 g/mol. The van der Waals surface area contributed by atoms with Crippen LogP contribution in [-0.2, 0) is 11.2 Å². The van der Waals surface area contributed by atoms with Crippen LogP contribution in [0.3, 0.4) is 0 Å². The summed E-state index contributed by atoms with van der Waals surface area (Å²) in [5, 5.41) is 3.42. The number of aryl methyl sites for hydroxylation is 1. The molecule has 5 rings (SSSR count). The van der Waals surface area contributed by atoms with E-state index in [1.165, 1.54) is 11.3 Å². The number of carbonyl (C=O) groups is 2. The minimum atomic E-state index is -0.240. The van der Waals surface area contributed by atoms with Crippen LogP contribution in [0.4, 0.5) is 10.8 Å². The lowest BCUT2D eigenvalue weighted by atomic mass is 10.1. The van der Waals surface area contributed by atoms with Crippen LogP contribution in [0.25, 0.3) is 0 Å². The van der Waals surface area contributed by atoms with Crippen molar-refractivity contribution in [3.8, 4) is 11.5 Å². The molecule has 2 amide bonds. The normalized spacial score (nSPS) is 17.1. The van der Waals surface area contributed by atoms with E-state index in [0.29, 0.717) is 29.5 Å². The van der Waals surface area contributed by atoms with E-state index in [2.05, 4.69) is 21.3 Å². The summed E-state index contributed by atoms with van der Waals surface area (Å²) in [6.45, 7) is 2.90. The largest absolute Gasteiger partial charge is 0.497 e. The first-order valence-corrected chi connectivity index (χ1v) is 12.5. The molecular formula is C26H28N4O4S. The van der Waals surface area contributed by atoms with E-state index in [-0.39, 0.29) is 17.7 Å². The van der Waals surface area contributed by atoms with Crippen LogP contribution in [0.15, 0.2) is 48.5 Å². The molecule has 9 heteroatoms. The zero-order valence-corrected chi connectivity index (χ0v) is 20.6. The molecule has 1 unspecified atom stereocenters. The van der Waals surface area contributed by atoms with E-state index in [4.69, 9.17) is 9.47 Å². The molecule has 0 radical (unpaired) electrons. The second-order valence-corrected chi connectivity index (χ2v) is 9.70. The fourth-order valence-corrected chi connectivity index (χ4v) is 5.68. The SMILES string of the molecule is COc1ccc(C(=O)Nc2nc3c(s2)CCC3C(=O)N2CCN(c3cccc(OC)c3)CC2)cc1. The Morgan fingerprint density at radius 3 is 2.46 bits per heavy atom. The van der Waals surface area contributed by atoms with Crippen LogP contribution in [0, 0.1) is 0 Å². The number of fused-ring (bicyclic) bond motifs is 1. The van der Waals surface area contributed by atoms with Gasteiger partial charge in [0.1, 0.15) is 11.5 Å². The summed E-state index contributed by atoms with van der Waals surface area (Å²) in [7, 11) is 3.25. The van der Waals surface area contributed by atoms with Gasteiger partial charge in [-0.2, -0.15) is 0 Å². The summed E-state index contributed by atoms with van der Waals surface area (Å²) in [6, 6.07) is 14.9. The van der Waals surface area contributed by atoms with Crippen molar-refractivity contribution in [2.75, 3.05) is 50.6 Å². The van der Waals surface area contributed by atoms with Crippen molar-refractivity contribution in [1.29, 1.82) is 0 Å². The topological polar surface area (TPSA) is 84.0 Å². The third-order valence-electron chi connectivity index (χ3n) is 6.60. The van der Waals surface area contributed by atoms with Crippen molar-refractivity contribution in [3.05, 3.63) is 64.7 Å². The highest BCUT2D eigenvalue weighted by Crippen LogP contribution is 2.39. The Hall–Kier alpha value is -3.59. The molecule has 0 bridgehead atoms. The number of nitrogens with one attached hydrogen (secondary N) is 1. The summed E-state index contributed by atoms with van der Waals surface area (Å²) < 4.78 is 10.5. The third kappa shape index (κ3) is 4.81. The number of benzene rings is 2. The van der Waals surface area contributed by atoms with Gasteiger partial charge in [0.2, 0.25) is 5.91 Å². The Bertz CT molecular complexity index is 1220. The zero-order valence-electron chi connectivity index (χ0n) is 19.8. The molecule has 182 valence electrons. The molecule has 2 aromatic carbocycles. The number of carbonyl (C=O) groups excluding carboxylic acids is 2. The van der Waals surface area contributed by atoms with Gasteiger partial charge in [-0.3, -0.25) is 14.9 Å².